The summed E-state index contributed by atoms with van der Waals surface area (Å²) in [7, 11) is 3.39. The smallest absolute Gasteiger partial charge is 0.316 e. The maximum Gasteiger partial charge on any atom is 0.316 e. The van der Waals surface area contributed by atoms with Crippen LogP contribution in [0.25, 0.3) is 0 Å². The fourth-order valence-electron chi connectivity index (χ4n) is 1.47. The number of urea groups is 1. The number of carbonyl (C=O) groups is 1. The summed E-state index contributed by atoms with van der Waals surface area (Å²) in [5, 5.41) is 5.91. The minimum absolute atomic E-state index is 0.112. The average Bonchev–Trinajstić information content (AvgIpc) is 2.32. The zero-order chi connectivity index (χ0) is 13.5. The van der Waals surface area contributed by atoms with Crippen LogP contribution in [0.3, 0.4) is 0 Å². The van der Waals surface area contributed by atoms with Gasteiger partial charge in [0.1, 0.15) is 5.82 Å². The molecule has 0 unspecified atom stereocenters. The van der Waals surface area contributed by atoms with Crippen molar-refractivity contribution in [2.24, 2.45) is 0 Å². The number of rotatable bonds is 5. The van der Waals surface area contributed by atoms with Gasteiger partial charge in [-0.2, -0.15) is 0 Å². The Morgan fingerprint density at radius 2 is 2.06 bits per heavy atom. The van der Waals surface area contributed by atoms with Gasteiger partial charge in [0.25, 0.3) is 0 Å². The van der Waals surface area contributed by atoms with E-state index in [-0.39, 0.29) is 11.8 Å². The van der Waals surface area contributed by atoms with Crippen LogP contribution >= 0.6 is 0 Å². The molecular weight excluding hydrogens is 233 g/mol. The summed E-state index contributed by atoms with van der Waals surface area (Å²) in [5.41, 5.74) is 2.00. The van der Waals surface area contributed by atoms with Crippen molar-refractivity contribution < 1.29 is 9.18 Å². The average molecular weight is 253 g/mol. The highest BCUT2D eigenvalue weighted by molar-refractivity contribution is 5.73. The Balaban J connectivity index is 2.26. The lowest BCUT2D eigenvalue weighted by molar-refractivity contribution is 0.217. The first-order valence-corrected chi connectivity index (χ1v) is 5.91. The number of nitrogens with zero attached hydrogens (tertiary/aromatic N) is 1. The standard InChI is InChI=1S/C13H20FN3O/c1-10-4-5-12(14)8-11(10)9-15-6-7-16-13(18)17(2)3/h4-5,8,15H,6-7,9H2,1-3H3,(H,16,18). The van der Waals surface area contributed by atoms with Gasteiger partial charge in [0.05, 0.1) is 0 Å². The van der Waals surface area contributed by atoms with E-state index in [2.05, 4.69) is 10.6 Å². The van der Waals surface area contributed by atoms with Crippen molar-refractivity contribution in [3.05, 3.63) is 35.1 Å². The maximum atomic E-state index is 13.0. The molecule has 0 aromatic heterocycles. The molecule has 2 amide bonds. The number of carbonyl (C=O) groups excluding carboxylic acids is 1. The highest BCUT2D eigenvalue weighted by Crippen LogP contribution is 2.09. The summed E-state index contributed by atoms with van der Waals surface area (Å²) < 4.78 is 13.0. The molecule has 1 aromatic rings. The molecule has 0 spiro atoms. The van der Waals surface area contributed by atoms with Gasteiger partial charge < -0.3 is 15.5 Å². The predicted molar refractivity (Wildman–Crippen MR) is 69.9 cm³/mol. The van der Waals surface area contributed by atoms with E-state index in [0.717, 1.165) is 11.1 Å². The van der Waals surface area contributed by atoms with E-state index in [1.54, 1.807) is 20.2 Å². The van der Waals surface area contributed by atoms with Crippen molar-refractivity contribution in [3.8, 4) is 0 Å². The molecule has 18 heavy (non-hydrogen) atoms. The zero-order valence-corrected chi connectivity index (χ0v) is 11.1. The predicted octanol–water partition coefficient (Wildman–Crippen LogP) is 1.49. The molecule has 0 saturated carbocycles. The van der Waals surface area contributed by atoms with Crippen LogP contribution in [0, 0.1) is 12.7 Å². The Bertz CT molecular complexity index is 407. The molecule has 0 atom stereocenters. The molecule has 0 saturated heterocycles. The van der Waals surface area contributed by atoms with E-state index in [1.807, 2.05) is 6.92 Å². The molecule has 1 aromatic carbocycles. The van der Waals surface area contributed by atoms with Gasteiger partial charge in [0, 0.05) is 33.7 Å². The molecule has 4 nitrogen and oxygen atoms in total. The molecular formula is C13H20FN3O. The molecule has 0 aliphatic rings. The minimum Gasteiger partial charge on any atom is -0.337 e. The molecule has 0 aliphatic heterocycles. The van der Waals surface area contributed by atoms with Crippen LogP contribution in [-0.4, -0.2) is 38.1 Å². The fourth-order valence-corrected chi connectivity index (χ4v) is 1.47. The van der Waals surface area contributed by atoms with Crippen molar-refractivity contribution >= 4 is 6.03 Å². The maximum absolute atomic E-state index is 13.0. The summed E-state index contributed by atoms with van der Waals surface area (Å²) in [6.07, 6.45) is 0. The number of nitrogens with one attached hydrogen (secondary N) is 2. The molecule has 0 aliphatic carbocycles. The van der Waals surface area contributed by atoms with Crippen molar-refractivity contribution in [2.75, 3.05) is 27.2 Å². The molecule has 0 fully saturated rings. The number of benzene rings is 1. The minimum atomic E-state index is -0.224. The first-order valence-electron chi connectivity index (χ1n) is 5.91. The number of aryl methyl sites for hydroxylation is 1. The Kier molecular flexibility index (Phi) is 5.58. The first kappa shape index (κ1) is 14.4. The van der Waals surface area contributed by atoms with Crippen molar-refractivity contribution in [1.29, 1.82) is 0 Å². The van der Waals surface area contributed by atoms with E-state index in [4.69, 9.17) is 0 Å². The summed E-state index contributed by atoms with van der Waals surface area (Å²) in [5.74, 6) is -0.224. The fraction of sp³-hybridized carbons (Fsp3) is 0.462. The van der Waals surface area contributed by atoms with E-state index >= 15 is 0 Å². The summed E-state index contributed by atoms with van der Waals surface area (Å²) >= 11 is 0. The van der Waals surface area contributed by atoms with E-state index < -0.39 is 0 Å². The van der Waals surface area contributed by atoms with Gasteiger partial charge in [-0.25, -0.2) is 9.18 Å². The second-order valence-corrected chi connectivity index (χ2v) is 4.37. The monoisotopic (exact) mass is 253 g/mol. The number of hydrogen-bond acceptors (Lipinski definition) is 2. The number of hydrogen-bond donors (Lipinski definition) is 2. The number of amides is 2. The zero-order valence-electron chi connectivity index (χ0n) is 11.1. The van der Waals surface area contributed by atoms with Crippen LogP contribution in [-0.2, 0) is 6.54 Å². The van der Waals surface area contributed by atoms with Gasteiger partial charge in [-0.15, -0.1) is 0 Å². The van der Waals surface area contributed by atoms with Crippen LogP contribution in [0.4, 0.5) is 9.18 Å². The molecule has 0 heterocycles. The third-order valence-corrected chi connectivity index (χ3v) is 2.61. The van der Waals surface area contributed by atoms with Gasteiger partial charge >= 0.3 is 6.03 Å². The summed E-state index contributed by atoms with van der Waals surface area (Å²) in [6, 6.07) is 4.63. The highest BCUT2D eigenvalue weighted by Gasteiger charge is 2.02. The van der Waals surface area contributed by atoms with Gasteiger partial charge in [-0.3, -0.25) is 0 Å². The van der Waals surface area contributed by atoms with Crippen LogP contribution in [0.5, 0.6) is 0 Å². The van der Waals surface area contributed by atoms with E-state index in [0.29, 0.717) is 19.6 Å². The Morgan fingerprint density at radius 1 is 1.33 bits per heavy atom. The lowest BCUT2D eigenvalue weighted by Gasteiger charge is -2.12. The molecule has 0 radical (unpaired) electrons. The van der Waals surface area contributed by atoms with Gasteiger partial charge in [-0.1, -0.05) is 6.07 Å². The summed E-state index contributed by atoms with van der Waals surface area (Å²) in [4.78, 5) is 12.7. The Hall–Kier alpha value is -1.62. The van der Waals surface area contributed by atoms with Crippen molar-refractivity contribution in [1.82, 2.24) is 15.5 Å². The quantitative estimate of drug-likeness (QED) is 0.781. The lowest BCUT2D eigenvalue weighted by Crippen LogP contribution is -2.38. The van der Waals surface area contributed by atoms with Gasteiger partial charge in [0.2, 0.25) is 0 Å². The van der Waals surface area contributed by atoms with Gasteiger partial charge in [-0.05, 0) is 30.2 Å². The molecule has 0 bridgehead atoms. The number of halogens is 1. The third-order valence-electron chi connectivity index (χ3n) is 2.61. The van der Waals surface area contributed by atoms with E-state index in [9.17, 15) is 9.18 Å². The lowest BCUT2D eigenvalue weighted by atomic mass is 10.1. The molecule has 5 heteroatoms. The van der Waals surface area contributed by atoms with Crippen LogP contribution in [0.2, 0.25) is 0 Å². The summed E-state index contributed by atoms with van der Waals surface area (Å²) in [6.45, 7) is 3.74. The normalized spacial score (nSPS) is 10.2. The van der Waals surface area contributed by atoms with Gasteiger partial charge in [0.15, 0.2) is 0 Å². The third kappa shape index (κ3) is 4.71. The first-order chi connectivity index (χ1) is 8.50. The molecule has 1 rings (SSSR count). The SMILES string of the molecule is Cc1ccc(F)cc1CNCCNC(=O)N(C)C. The van der Waals surface area contributed by atoms with E-state index in [1.165, 1.54) is 17.0 Å². The largest absolute Gasteiger partial charge is 0.337 e. The second kappa shape index (κ2) is 6.96. The van der Waals surface area contributed by atoms with Crippen LogP contribution < -0.4 is 10.6 Å². The topological polar surface area (TPSA) is 44.4 Å². The van der Waals surface area contributed by atoms with Crippen LogP contribution in [0.1, 0.15) is 11.1 Å². The highest BCUT2D eigenvalue weighted by atomic mass is 19.1. The second-order valence-electron chi connectivity index (χ2n) is 4.37. The molecule has 2 N–H and O–H groups in total. The van der Waals surface area contributed by atoms with Crippen molar-refractivity contribution in [2.45, 2.75) is 13.5 Å². The van der Waals surface area contributed by atoms with Crippen LogP contribution in [0.15, 0.2) is 18.2 Å². The molecule has 100 valence electrons. The van der Waals surface area contributed by atoms with Crippen molar-refractivity contribution in [3.63, 3.8) is 0 Å². The Labute approximate surface area is 107 Å². The Morgan fingerprint density at radius 3 is 2.72 bits per heavy atom.